The van der Waals surface area contributed by atoms with E-state index in [0.717, 1.165) is 11.4 Å². The minimum Gasteiger partial charge on any atom is -0.322 e. The van der Waals surface area contributed by atoms with Crippen molar-refractivity contribution in [3.8, 4) is 0 Å². The molecule has 0 bridgehead atoms. The van der Waals surface area contributed by atoms with Gasteiger partial charge in [-0.25, -0.2) is 0 Å². The number of nitrogens with zero attached hydrogens (tertiary/aromatic N) is 4. The van der Waals surface area contributed by atoms with E-state index < -0.39 is 0 Å². The van der Waals surface area contributed by atoms with Crippen molar-refractivity contribution in [2.24, 2.45) is 5.73 Å². The first kappa shape index (κ1) is 9.17. The Hall–Kier alpha value is -1.40. The lowest BCUT2D eigenvalue weighted by Crippen LogP contribution is -2.15. The SMILES string of the molecule is NC(Cc1csnn1)c1cnccn1. The summed E-state index contributed by atoms with van der Waals surface area (Å²) in [5, 5.41) is 5.81. The van der Waals surface area contributed by atoms with Crippen molar-refractivity contribution >= 4 is 11.5 Å². The Balaban J connectivity index is 2.07. The molecule has 0 aliphatic carbocycles. The lowest BCUT2D eigenvalue weighted by atomic mass is 10.1. The Labute approximate surface area is 85.2 Å². The van der Waals surface area contributed by atoms with Crippen LogP contribution in [0.2, 0.25) is 0 Å². The van der Waals surface area contributed by atoms with E-state index in [1.165, 1.54) is 11.5 Å². The van der Waals surface area contributed by atoms with Crippen LogP contribution in [0, 0.1) is 0 Å². The molecule has 0 fully saturated rings. The number of aromatic nitrogens is 4. The Bertz CT molecular complexity index is 374. The summed E-state index contributed by atoms with van der Waals surface area (Å²) in [5.74, 6) is 0. The van der Waals surface area contributed by atoms with Crippen molar-refractivity contribution in [2.75, 3.05) is 0 Å². The van der Waals surface area contributed by atoms with Crippen LogP contribution in [-0.2, 0) is 6.42 Å². The third-order valence-corrected chi connectivity index (χ3v) is 2.35. The molecular weight excluding hydrogens is 198 g/mol. The molecule has 2 N–H and O–H groups in total. The standard InChI is InChI=1S/C8H9N5S/c9-7(3-6-5-14-13-12-6)8-4-10-1-2-11-8/h1-2,4-5,7H,3,9H2. The highest BCUT2D eigenvalue weighted by Gasteiger charge is 2.09. The number of hydrogen-bond acceptors (Lipinski definition) is 6. The zero-order valence-corrected chi connectivity index (χ0v) is 8.18. The Morgan fingerprint density at radius 2 is 2.36 bits per heavy atom. The summed E-state index contributed by atoms with van der Waals surface area (Å²) in [4.78, 5) is 8.09. The van der Waals surface area contributed by atoms with Crippen LogP contribution in [0.5, 0.6) is 0 Å². The third-order valence-electron chi connectivity index (χ3n) is 1.80. The molecule has 1 unspecified atom stereocenters. The van der Waals surface area contributed by atoms with Gasteiger partial charge in [-0.2, -0.15) is 0 Å². The summed E-state index contributed by atoms with van der Waals surface area (Å²) < 4.78 is 3.77. The van der Waals surface area contributed by atoms with Crippen molar-refractivity contribution in [2.45, 2.75) is 12.5 Å². The van der Waals surface area contributed by atoms with Gasteiger partial charge in [0.1, 0.15) is 0 Å². The minimum atomic E-state index is -0.160. The lowest BCUT2D eigenvalue weighted by molar-refractivity contribution is 0.676. The van der Waals surface area contributed by atoms with Crippen molar-refractivity contribution in [3.05, 3.63) is 35.4 Å². The molecule has 0 saturated carbocycles. The van der Waals surface area contributed by atoms with E-state index in [9.17, 15) is 0 Å². The molecule has 0 saturated heterocycles. The molecule has 0 radical (unpaired) electrons. The smallest absolute Gasteiger partial charge is 0.0774 e. The maximum absolute atomic E-state index is 5.92. The summed E-state index contributed by atoms with van der Waals surface area (Å²) in [6, 6.07) is -0.160. The summed E-state index contributed by atoms with van der Waals surface area (Å²) in [6.07, 6.45) is 5.58. The van der Waals surface area contributed by atoms with Gasteiger partial charge in [-0.1, -0.05) is 4.49 Å². The van der Waals surface area contributed by atoms with Crippen molar-refractivity contribution in [1.82, 2.24) is 19.6 Å². The fourth-order valence-corrected chi connectivity index (χ4v) is 1.57. The second kappa shape index (κ2) is 4.21. The van der Waals surface area contributed by atoms with Crippen molar-refractivity contribution in [3.63, 3.8) is 0 Å². The predicted molar refractivity (Wildman–Crippen MR) is 52.6 cm³/mol. The molecule has 0 spiro atoms. The molecule has 72 valence electrons. The predicted octanol–water partition coefficient (Wildman–Crippen LogP) is 0.571. The van der Waals surface area contributed by atoms with E-state index in [1.807, 2.05) is 5.38 Å². The first-order valence-corrected chi connectivity index (χ1v) is 4.97. The maximum atomic E-state index is 5.92. The largest absolute Gasteiger partial charge is 0.322 e. The molecule has 0 aromatic carbocycles. The van der Waals surface area contributed by atoms with Crippen LogP contribution >= 0.6 is 11.5 Å². The van der Waals surface area contributed by atoms with Gasteiger partial charge in [-0.3, -0.25) is 9.97 Å². The summed E-state index contributed by atoms with van der Waals surface area (Å²) in [5.41, 5.74) is 7.60. The van der Waals surface area contributed by atoms with Gasteiger partial charge in [-0.05, 0) is 11.5 Å². The van der Waals surface area contributed by atoms with E-state index in [0.29, 0.717) is 6.42 Å². The second-order valence-electron chi connectivity index (χ2n) is 2.84. The average Bonchev–Trinajstić information content (AvgIpc) is 2.72. The number of nitrogens with two attached hydrogens (primary N) is 1. The molecule has 2 rings (SSSR count). The van der Waals surface area contributed by atoms with Crippen LogP contribution in [0.3, 0.4) is 0 Å². The highest BCUT2D eigenvalue weighted by atomic mass is 32.1. The lowest BCUT2D eigenvalue weighted by Gasteiger charge is -2.07. The van der Waals surface area contributed by atoms with Crippen molar-refractivity contribution in [1.29, 1.82) is 0 Å². The first-order valence-electron chi connectivity index (χ1n) is 4.13. The van der Waals surface area contributed by atoms with Gasteiger partial charge in [0.2, 0.25) is 0 Å². The van der Waals surface area contributed by atoms with E-state index in [2.05, 4.69) is 19.6 Å². The quantitative estimate of drug-likeness (QED) is 0.796. The van der Waals surface area contributed by atoms with Gasteiger partial charge >= 0.3 is 0 Å². The van der Waals surface area contributed by atoms with Gasteiger partial charge in [0.25, 0.3) is 0 Å². The molecule has 0 aliphatic rings. The van der Waals surface area contributed by atoms with Crippen molar-refractivity contribution < 1.29 is 0 Å². The van der Waals surface area contributed by atoms with Crippen LogP contribution in [0.4, 0.5) is 0 Å². The van der Waals surface area contributed by atoms with E-state index in [-0.39, 0.29) is 6.04 Å². The van der Waals surface area contributed by atoms with Crippen LogP contribution in [0.1, 0.15) is 17.4 Å². The molecule has 2 aromatic heterocycles. The molecule has 1 atom stereocenters. The first-order chi connectivity index (χ1) is 6.86. The molecule has 0 amide bonds. The fraction of sp³-hybridized carbons (Fsp3) is 0.250. The summed E-state index contributed by atoms with van der Waals surface area (Å²) >= 11 is 1.32. The average molecular weight is 207 g/mol. The normalized spacial score (nSPS) is 12.6. The topological polar surface area (TPSA) is 77.6 Å². The zero-order chi connectivity index (χ0) is 9.80. The van der Waals surface area contributed by atoms with Crippen LogP contribution in [0.25, 0.3) is 0 Å². The summed E-state index contributed by atoms with van der Waals surface area (Å²) in [6.45, 7) is 0. The van der Waals surface area contributed by atoms with Crippen LogP contribution in [0.15, 0.2) is 24.0 Å². The zero-order valence-electron chi connectivity index (χ0n) is 7.37. The number of hydrogen-bond donors (Lipinski definition) is 1. The molecule has 2 heterocycles. The second-order valence-corrected chi connectivity index (χ2v) is 3.45. The number of rotatable bonds is 3. The highest BCUT2D eigenvalue weighted by Crippen LogP contribution is 2.11. The van der Waals surface area contributed by atoms with E-state index in [4.69, 9.17) is 5.73 Å². The fourth-order valence-electron chi connectivity index (χ4n) is 1.10. The van der Waals surface area contributed by atoms with E-state index >= 15 is 0 Å². The molecule has 0 aliphatic heterocycles. The molecular formula is C8H9N5S. The highest BCUT2D eigenvalue weighted by molar-refractivity contribution is 7.03. The Morgan fingerprint density at radius 1 is 1.43 bits per heavy atom. The van der Waals surface area contributed by atoms with Gasteiger partial charge in [0.05, 0.1) is 17.4 Å². The summed E-state index contributed by atoms with van der Waals surface area (Å²) in [7, 11) is 0. The van der Waals surface area contributed by atoms with Gasteiger partial charge < -0.3 is 5.73 Å². The Morgan fingerprint density at radius 3 is 3.00 bits per heavy atom. The van der Waals surface area contributed by atoms with Crippen LogP contribution in [-0.4, -0.2) is 19.6 Å². The van der Waals surface area contributed by atoms with Gasteiger partial charge in [-0.15, -0.1) is 5.10 Å². The molecule has 6 heteroatoms. The van der Waals surface area contributed by atoms with Gasteiger partial charge in [0, 0.05) is 30.4 Å². The molecule has 14 heavy (non-hydrogen) atoms. The van der Waals surface area contributed by atoms with E-state index in [1.54, 1.807) is 18.6 Å². The van der Waals surface area contributed by atoms with Crippen LogP contribution < -0.4 is 5.73 Å². The maximum Gasteiger partial charge on any atom is 0.0774 e. The minimum absolute atomic E-state index is 0.160. The Kier molecular flexibility index (Phi) is 2.76. The molecule has 2 aromatic rings. The molecule has 5 nitrogen and oxygen atoms in total. The monoisotopic (exact) mass is 207 g/mol. The van der Waals surface area contributed by atoms with Gasteiger partial charge in [0.15, 0.2) is 0 Å². The third kappa shape index (κ3) is 2.09.